The smallest absolute Gasteiger partial charge is 0.178 e. The van der Waals surface area contributed by atoms with Gasteiger partial charge in [-0.2, -0.15) is 0 Å². The monoisotopic (exact) mass is 368 g/mol. The highest BCUT2D eigenvalue weighted by atomic mass is 32.2. The molecule has 3 aromatic rings. The Labute approximate surface area is 151 Å². The van der Waals surface area contributed by atoms with Gasteiger partial charge in [-0.25, -0.2) is 8.42 Å². The molecule has 3 aromatic carbocycles. The van der Waals surface area contributed by atoms with Crippen molar-refractivity contribution in [1.29, 1.82) is 0 Å². The van der Waals surface area contributed by atoms with E-state index in [2.05, 4.69) is 24.3 Å². The highest BCUT2D eigenvalue weighted by molar-refractivity contribution is 7.91. The fourth-order valence-corrected chi connectivity index (χ4v) is 6.68. The van der Waals surface area contributed by atoms with Gasteiger partial charge in [0.15, 0.2) is 9.84 Å². The van der Waals surface area contributed by atoms with E-state index >= 15 is 0 Å². The molecule has 0 radical (unpaired) electrons. The van der Waals surface area contributed by atoms with E-state index in [-0.39, 0.29) is 5.75 Å². The minimum absolute atomic E-state index is 0.190. The molecule has 0 heterocycles. The molecule has 3 rings (SSSR count). The molecule has 0 aliphatic carbocycles. The van der Waals surface area contributed by atoms with Crippen LogP contribution in [0.5, 0.6) is 0 Å². The molecule has 4 heteroatoms. The zero-order chi connectivity index (χ0) is 17.5. The Kier molecular flexibility index (Phi) is 6.01. The molecule has 0 aliphatic rings. The van der Waals surface area contributed by atoms with Crippen molar-refractivity contribution in [2.75, 3.05) is 11.9 Å². The molecule has 0 unspecified atom stereocenters. The third-order valence-electron chi connectivity index (χ3n) is 4.03. The molecular weight excluding hydrogens is 347 g/mol. The molecule has 0 amide bonds. The molecule has 2 nitrogen and oxygen atoms in total. The van der Waals surface area contributed by atoms with Gasteiger partial charge in [0.05, 0.1) is 10.6 Å². The Hall–Kier alpha value is -1.96. The van der Waals surface area contributed by atoms with Crippen LogP contribution in [0.25, 0.3) is 0 Å². The van der Waals surface area contributed by atoms with E-state index in [1.54, 1.807) is 24.3 Å². The Balaban J connectivity index is 1.74. The molecule has 0 spiro atoms. The molecule has 0 bridgehead atoms. The van der Waals surface area contributed by atoms with Crippen LogP contribution in [0, 0.1) is 0 Å². The van der Waals surface area contributed by atoms with Gasteiger partial charge in [-0.05, 0) is 43.2 Å². The average molecular weight is 368 g/mol. The van der Waals surface area contributed by atoms with Crippen molar-refractivity contribution in [2.24, 2.45) is 0 Å². The summed E-state index contributed by atoms with van der Waals surface area (Å²) in [5, 5.41) is 2.58. The molecule has 0 N–H and O–H groups in total. The molecule has 128 valence electrons. The first-order valence-corrected chi connectivity index (χ1v) is 11.5. The third-order valence-corrected chi connectivity index (χ3v) is 8.46. The largest absolute Gasteiger partial charge is 0.224 e. The highest BCUT2D eigenvalue weighted by Crippen LogP contribution is 2.34. The lowest BCUT2D eigenvalue weighted by molar-refractivity contribution is 0.595. The summed E-state index contributed by atoms with van der Waals surface area (Å²) in [5.74, 6) is 0.190. The van der Waals surface area contributed by atoms with Gasteiger partial charge in [-0.1, -0.05) is 78.9 Å². The highest BCUT2D eigenvalue weighted by Gasteiger charge is 2.17. The van der Waals surface area contributed by atoms with Gasteiger partial charge in [0.25, 0.3) is 0 Å². The van der Waals surface area contributed by atoms with Crippen molar-refractivity contribution >= 4 is 28.4 Å². The van der Waals surface area contributed by atoms with Gasteiger partial charge in [0.2, 0.25) is 0 Å². The van der Waals surface area contributed by atoms with Crippen molar-refractivity contribution in [2.45, 2.75) is 11.3 Å². The average Bonchev–Trinajstić information content (AvgIpc) is 2.67. The predicted molar refractivity (Wildman–Crippen MR) is 107 cm³/mol. The first kappa shape index (κ1) is 17.8. The number of sulfone groups is 1. The minimum atomic E-state index is -3.21. The number of benzene rings is 3. The summed E-state index contributed by atoms with van der Waals surface area (Å²) in [6.07, 6.45) is 1.53. The molecule has 0 atom stereocenters. The normalized spacial score (nSPS) is 11.6. The number of rotatable bonds is 7. The first-order valence-electron chi connectivity index (χ1n) is 8.32. The van der Waals surface area contributed by atoms with Crippen molar-refractivity contribution in [3.8, 4) is 0 Å². The van der Waals surface area contributed by atoms with Crippen molar-refractivity contribution in [3.05, 3.63) is 91.0 Å². The van der Waals surface area contributed by atoms with Crippen LogP contribution in [0.3, 0.4) is 0 Å². The maximum Gasteiger partial charge on any atom is 0.178 e. The molecule has 0 saturated carbocycles. The fraction of sp³-hybridized carbons (Fsp3) is 0.143. The van der Waals surface area contributed by atoms with Crippen LogP contribution in [-0.4, -0.2) is 20.3 Å². The predicted octanol–water partition coefficient (Wildman–Crippen LogP) is 3.98. The second-order valence-electron chi connectivity index (χ2n) is 5.81. The second-order valence-corrected chi connectivity index (χ2v) is 10.3. The van der Waals surface area contributed by atoms with E-state index in [0.717, 1.165) is 6.16 Å². The molecule has 0 aromatic heterocycles. The first-order chi connectivity index (χ1) is 12.2. The molecule has 25 heavy (non-hydrogen) atoms. The van der Waals surface area contributed by atoms with E-state index in [4.69, 9.17) is 0 Å². The van der Waals surface area contributed by atoms with Crippen LogP contribution < -0.4 is 10.6 Å². The summed E-state index contributed by atoms with van der Waals surface area (Å²) >= 11 is 0. The van der Waals surface area contributed by atoms with Crippen LogP contribution in [0.4, 0.5) is 0 Å². The van der Waals surface area contributed by atoms with Crippen LogP contribution >= 0.6 is 7.92 Å². The lowest BCUT2D eigenvalue weighted by Gasteiger charge is -2.18. The third kappa shape index (κ3) is 4.78. The Morgan fingerprint density at radius 3 is 1.56 bits per heavy atom. The number of hydrogen-bond acceptors (Lipinski definition) is 2. The van der Waals surface area contributed by atoms with Crippen LogP contribution in [0.1, 0.15) is 6.42 Å². The van der Waals surface area contributed by atoms with Crippen LogP contribution in [-0.2, 0) is 9.84 Å². The Bertz CT molecular complexity index is 839. The summed E-state index contributed by atoms with van der Waals surface area (Å²) < 4.78 is 25.0. The SMILES string of the molecule is O=S(=O)(CCCP(c1ccccc1)c1ccccc1)c1ccccc1. The topological polar surface area (TPSA) is 34.1 Å². The Morgan fingerprint density at radius 2 is 1.08 bits per heavy atom. The maximum atomic E-state index is 12.5. The lowest BCUT2D eigenvalue weighted by Crippen LogP contribution is -2.16. The maximum absolute atomic E-state index is 12.5. The van der Waals surface area contributed by atoms with Crippen LogP contribution in [0.15, 0.2) is 95.9 Å². The van der Waals surface area contributed by atoms with Gasteiger partial charge < -0.3 is 0 Å². The van der Waals surface area contributed by atoms with Gasteiger partial charge in [0.1, 0.15) is 0 Å². The van der Waals surface area contributed by atoms with E-state index in [1.807, 2.05) is 42.5 Å². The van der Waals surface area contributed by atoms with Crippen molar-refractivity contribution in [1.82, 2.24) is 0 Å². The van der Waals surface area contributed by atoms with E-state index < -0.39 is 17.8 Å². The summed E-state index contributed by atoms with van der Waals surface area (Å²) in [6.45, 7) is 0. The summed E-state index contributed by atoms with van der Waals surface area (Å²) in [4.78, 5) is 0.416. The summed E-state index contributed by atoms with van der Waals surface area (Å²) in [6, 6.07) is 29.5. The zero-order valence-electron chi connectivity index (χ0n) is 14.0. The zero-order valence-corrected chi connectivity index (χ0v) is 15.7. The van der Waals surface area contributed by atoms with Crippen molar-refractivity contribution < 1.29 is 8.42 Å². The quantitative estimate of drug-likeness (QED) is 0.591. The second kappa shape index (κ2) is 8.42. The van der Waals surface area contributed by atoms with E-state index in [1.165, 1.54) is 10.6 Å². The van der Waals surface area contributed by atoms with Crippen LogP contribution in [0.2, 0.25) is 0 Å². The minimum Gasteiger partial charge on any atom is -0.224 e. The van der Waals surface area contributed by atoms with Gasteiger partial charge >= 0.3 is 0 Å². The van der Waals surface area contributed by atoms with Gasteiger partial charge in [-0.3, -0.25) is 0 Å². The molecule has 0 fully saturated rings. The Morgan fingerprint density at radius 1 is 0.640 bits per heavy atom. The molecular formula is C21H21O2PS. The van der Waals surface area contributed by atoms with Gasteiger partial charge in [-0.15, -0.1) is 0 Å². The number of hydrogen-bond donors (Lipinski definition) is 0. The standard InChI is InChI=1S/C21H21O2PS/c22-25(23,21-15-8-3-9-16-21)18-10-17-24(19-11-4-1-5-12-19)20-13-6-2-7-14-20/h1-9,11-16H,10,17-18H2. The van der Waals surface area contributed by atoms with E-state index in [0.29, 0.717) is 11.3 Å². The molecule has 0 saturated heterocycles. The van der Waals surface area contributed by atoms with Gasteiger partial charge in [0, 0.05) is 0 Å². The summed E-state index contributed by atoms with van der Waals surface area (Å²) in [5.41, 5.74) is 0. The van der Waals surface area contributed by atoms with Crippen molar-refractivity contribution in [3.63, 3.8) is 0 Å². The lowest BCUT2D eigenvalue weighted by atomic mass is 10.4. The molecule has 0 aliphatic heterocycles. The fourth-order valence-electron chi connectivity index (χ4n) is 2.78. The summed E-state index contributed by atoms with van der Waals surface area (Å²) in [7, 11) is -3.75. The van der Waals surface area contributed by atoms with E-state index in [9.17, 15) is 8.42 Å².